The van der Waals surface area contributed by atoms with Gasteiger partial charge in [-0.2, -0.15) is 8.78 Å². The summed E-state index contributed by atoms with van der Waals surface area (Å²) >= 11 is 0. The fraction of sp³-hybridized carbons (Fsp3) is 0.409. The summed E-state index contributed by atoms with van der Waals surface area (Å²) in [6.45, 7) is 0.0882. The molecule has 2 aliphatic heterocycles. The Kier molecular flexibility index (Phi) is 5.97. The van der Waals surface area contributed by atoms with Crippen LogP contribution in [-0.2, 0) is 25.5 Å². The van der Waals surface area contributed by atoms with E-state index in [2.05, 4.69) is 4.98 Å². The zero-order chi connectivity index (χ0) is 21.9. The van der Waals surface area contributed by atoms with Crippen LogP contribution >= 0.6 is 0 Å². The van der Waals surface area contributed by atoms with E-state index in [1.807, 2.05) is 6.07 Å². The normalized spacial score (nSPS) is 23.6. The van der Waals surface area contributed by atoms with Crippen LogP contribution in [0.4, 0.5) is 14.5 Å². The van der Waals surface area contributed by atoms with Gasteiger partial charge in [-0.1, -0.05) is 24.3 Å². The maximum Gasteiger partial charge on any atom is 0.437 e. The summed E-state index contributed by atoms with van der Waals surface area (Å²) < 4.78 is 39.8. The molecule has 2 fully saturated rings. The van der Waals surface area contributed by atoms with Crippen molar-refractivity contribution in [2.45, 2.75) is 24.6 Å². The lowest BCUT2D eigenvalue weighted by molar-refractivity contribution is -0.293. The molecule has 4 rings (SSSR count). The lowest BCUT2D eigenvalue weighted by atomic mass is 10.00. The smallest absolute Gasteiger partial charge is 0.376 e. The molecule has 2 aliphatic rings. The summed E-state index contributed by atoms with van der Waals surface area (Å²) in [7, 11) is 0. The van der Waals surface area contributed by atoms with Gasteiger partial charge in [-0.3, -0.25) is 19.3 Å². The Morgan fingerprint density at radius 2 is 1.94 bits per heavy atom. The minimum absolute atomic E-state index is 0.0922. The first-order chi connectivity index (χ1) is 14.9. The number of pyridine rings is 1. The van der Waals surface area contributed by atoms with E-state index < -0.39 is 17.6 Å². The monoisotopic (exact) mass is 431 g/mol. The Hall–Kier alpha value is -2.91. The molecule has 0 N–H and O–H groups in total. The van der Waals surface area contributed by atoms with Crippen LogP contribution in [0.3, 0.4) is 0 Å². The van der Waals surface area contributed by atoms with Crippen LogP contribution in [0, 0.1) is 0 Å². The van der Waals surface area contributed by atoms with Crippen molar-refractivity contribution >= 4 is 17.5 Å². The number of halogens is 2. The zero-order valence-electron chi connectivity index (χ0n) is 16.9. The highest BCUT2D eigenvalue weighted by atomic mass is 19.3. The van der Waals surface area contributed by atoms with Gasteiger partial charge in [0.05, 0.1) is 26.3 Å². The number of benzene rings is 1. The van der Waals surface area contributed by atoms with E-state index in [9.17, 15) is 18.4 Å². The van der Waals surface area contributed by atoms with E-state index in [1.54, 1.807) is 48.8 Å². The molecular formula is C22H23F2N3O4. The van der Waals surface area contributed by atoms with E-state index in [1.165, 1.54) is 4.90 Å². The van der Waals surface area contributed by atoms with Crippen LogP contribution < -0.4 is 4.90 Å². The first kappa shape index (κ1) is 21.3. The molecule has 0 aliphatic carbocycles. The number of aryl methyl sites for hydroxylation is 1. The van der Waals surface area contributed by atoms with Gasteiger partial charge >= 0.3 is 12.0 Å². The number of alkyl halides is 2. The van der Waals surface area contributed by atoms with Gasteiger partial charge in [-0.25, -0.2) is 0 Å². The van der Waals surface area contributed by atoms with Gasteiger partial charge in [0, 0.05) is 31.0 Å². The third-order valence-corrected chi connectivity index (χ3v) is 5.41. The number of rotatable bonds is 4. The average Bonchev–Trinajstić information content (AvgIpc) is 2.98. The first-order valence-corrected chi connectivity index (χ1v) is 10.1. The summed E-state index contributed by atoms with van der Waals surface area (Å²) in [4.78, 5) is 31.7. The van der Waals surface area contributed by atoms with Crippen LogP contribution in [-0.4, -0.2) is 66.3 Å². The third kappa shape index (κ3) is 4.72. The van der Waals surface area contributed by atoms with E-state index in [-0.39, 0.29) is 45.2 Å². The maximum absolute atomic E-state index is 14.6. The quantitative estimate of drug-likeness (QED) is 0.743. The number of hydrogen-bond acceptors (Lipinski definition) is 5. The second kappa shape index (κ2) is 8.68. The van der Waals surface area contributed by atoms with E-state index in [0.29, 0.717) is 12.1 Å². The number of morpholine rings is 1. The number of ether oxygens (including phenoxy) is 2. The molecule has 2 saturated heterocycles. The lowest BCUT2D eigenvalue weighted by Crippen LogP contribution is -2.66. The predicted octanol–water partition coefficient (Wildman–Crippen LogP) is 2.27. The van der Waals surface area contributed by atoms with E-state index >= 15 is 0 Å². The summed E-state index contributed by atoms with van der Waals surface area (Å²) in [6.07, 6.45) is 0.0183. The highest BCUT2D eigenvalue weighted by Crippen LogP contribution is 2.36. The number of carbonyl (C=O) groups excluding carboxylic acids is 2. The summed E-state index contributed by atoms with van der Waals surface area (Å²) in [5.74, 6) is -1.62. The number of amides is 2. The molecule has 1 aromatic heterocycles. The highest BCUT2D eigenvalue weighted by Gasteiger charge is 2.58. The second-order valence-electron chi connectivity index (χ2n) is 7.76. The zero-order valence-corrected chi connectivity index (χ0v) is 16.9. The second-order valence-corrected chi connectivity index (χ2v) is 7.76. The lowest BCUT2D eigenvalue weighted by Gasteiger charge is -2.45. The molecule has 7 nitrogen and oxygen atoms in total. The average molecular weight is 431 g/mol. The predicted molar refractivity (Wildman–Crippen MR) is 108 cm³/mol. The Morgan fingerprint density at radius 3 is 2.68 bits per heavy atom. The molecule has 1 spiro atoms. The van der Waals surface area contributed by atoms with Crippen LogP contribution in [0.2, 0.25) is 0 Å². The van der Waals surface area contributed by atoms with Gasteiger partial charge in [0.15, 0.2) is 0 Å². The van der Waals surface area contributed by atoms with Crippen LogP contribution in [0.5, 0.6) is 0 Å². The first-order valence-electron chi connectivity index (χ1n) is 10.1. The Balaban J connectivity index is 1.53. The van der Waals surface area contributed by atoms with Crippen molar-refractivity contribution in [2.24, 2.45) is 0 Å². The molecule has 0 bridgehead atoms. The van der Waals surface area contributed by atoms with Crippen molar-refractivity contribution in [1.29, 1.82) is 0 Å². The molecule has 1 atom stereocenters. The van der Waals surface area contributed by atoms with E-state index in [0.717, 1.165) is 10.5 Å². The molecule has 2 aromatic rings. The number of carbonyl (C=O) groups is 2. The molecule has 3 heterocycles. The Labute approximate surface area is 178 Å². The van der Waals surface area contributed by atoms with Gasteiger partial charge in [-0.05, 0) is 30.2 Å². The molecule has 9 heteroatoms. The molecular weight excluding hydrogens is 408 g/mol. The van der Waals surface area contributed by atoms with E-state index in [4.69, 9.17) is 9.47 Å². The number of aromatic nitrogens is 1. The minimum Gasteiger partial charge on any atom is -0.376 e. The van der Waals surface area contributed by atoms with Crippen molar-refractivity contribution in [2.75, 3.05) is 37.7 Å². The van der Waals surface area contributed by atoms with Crippen molar-refractivity contribution in [3.63, 3.8) is 0 Å². The van der Waals surface area contributed by atoms with Gasteiger partial charge in [-0.15, -0.1) is 0 Å². The standard InChI is InChI=1S/C22H23F2N3O4/c23-22(24)20(29)27(18-6-2-1-3-7-18)15-21(31-22)14-26(11-12-30-16-21)19(28)9-8-17-5-4-10-25-13-17/h1-7,10,13H,8-9,11-12,14-16H2. The summed E-state index contributed by atoms with van der Waals surface area (Å²) in [5, 5.41) is 0. The van der Waals surface area contributed by atoms with Crippen LogP contribution in [0.1, 0.15) is 12.0 Å². The van der Waals surface area contributed by atoms with Gasteiger partial charge in [0.2, 0.25) is 5.91 Å². The Morgan fingerprint density at radius 1 is 1.13 bits per heavy atom. The van der Waals surface area contributed by atoms with Gasteiger partial charge in [0.1, 0.15) is 5.60 Å². The van der Waals surface area contributed by atoms with Crippen molar-refractivity contribution in [3.05, 3.63) is 60.4 Å². The van der Waals surface area contributed by atoms with Crippen LogP contribution in [0.25, 0.3) is 0 Å². The maximum atomic E-state index is 14.6. The van der Waals surface area contributed by atoms with Crippen LogP contribution in [0.15, 0.2) is 54.9 Å². The highest BCUT2D eigenvalue weighted by molar-refractivity contribution is 5.98. The van der Waals surface area contributed by atoms with Gasteiger partial charge in [0.25, 0.3) is 0 Å². The SMILES string of the molecule is O=C(CCc1cccnc1)N1CCOCC2(C1)CN(c1ccccc1)C(=O)C(F)(F)O2. The molecule has 164 valence electrons. The fourth-order valence-corrected chi connectivity index (χ4v) is 3.91. The largest absolute Gasteiger partial charge is 0.437 e. The molecule has 1 aromatic carbocycles. The minimum atomic E-state index is -4.02. The summed E-state index contributed by atoms with van der Waals surface area (Å²) in [6, 6.07) is 11.9. The number of anilines is 1. The Bertz CT molecular complexity index is 929. The third-order valence-electron chi connectivity index (χ3n) is 5.41. The number of para-hydroxylation sites is 1. The van der Waals surface area contributed by atoms with Crippen molar-refractivity contribution in [1.82, 2.24) is 9.88 Å². The molecule has 0 saturated carbocycles. The summed E-state index contributed by atoms with van der Waals surface area (Å²) in [5.41, 5.74) is -0.278. The van der Waals surface area contributed by atoms with Crippen molar-refractivity contribution < 1.29 is 27.8 Å². The molecule has 1 unspecified atom stereocenters. The molecule has 2 amide bonds. The number of nitrogens with zero attached hydrogens (tertiary/aromatic N) is 3. The van der Waals surface area contributed by atoms with Gasteiger partial charge < -0.3 is 14.5 Å². The van der Waals surface area contributed by atoms with Crippen molar-refractivity contribution in [3.8, 4) is 0 Å². The molecule has 0 radical (unpaired) electrons. The molecule has 31 heavy (non-hydrogen) atoms. The number of hydrogen-bond donors (Lipinski definition) is 0. The fourth-order valence-electron chi connectivity index (χ4n) is 3.91. The topological polar surface area (TPSA) is 72.0 Å².